The van der Waals surface area contributed by atoms with E-state index >= 15 is 0 Å². The third kappa shape index (κ3) is 66.2. The Morgan fingerprint density at radius 1 is 1.67 bits per heavy atom. The second-order valence-electron chi connectivity index (χ2n) is 0.167. The Morgan fingerprint density at radius 2 is 1.67 bits per heavy atom. The fourth-order valence-electron chi connectivity index (χ4n) is 0. The molecule has 6 heavy (non-hydrogen) atoms. The van der Waals surface area contributed by atoms with Gasteiger partial charge >= 0.3 is 27.3 Å². The van der Waals surface area contributed by atoms with Gasteiger partial charge in [-0.2, -0.15) is 0 Å². The first-order valence-corrected chi connectivity index (χ1v) is 2.85. The molecule has 0 amide bonds. The summed E-state index contributed by atoms with van der Waals surface area (Å²) in [5, 5.41) is 5.86. The van der Waals surface area contributed by atoms with E-state index in [1.807, 2.05) is 0 Å². The van der Waals surface area contributed by atoms with Crippen molar-refractivity contribution in [2.45, 2.75) is 0 Å². The van der Waals surface area contributed by atoms with Crippen LogP contribution in [0.3, 0.4) is 0 Å². The Bertz CT molecular complexity index is 21.0. The molecule has 0 aromatic rings. The Balaban J connectivity index is -0.0000000275. The molecule has 0 atom stereocenters. The summed E-state index contributed by atoms with van der Waals surface area (Å²) in [4.78, 5) is 0. The molecule has 0 aromatic carbocycles. The zero-order chi connectivity index (χ0) is 4.71. The van der Waals surface area contributed by atoms with Crippen molar-refractivity contribution >= 4 is 58.8 Å². The predicted molar refractivity (Wildman–Crippen MR) is 36.3 cm³/mol. The van der Waals surface area contributed by atoms with Crippen LogP contribution in [0.2, 0.25) is 0 Å². The summed E-state index contributed by atoms with van der Waals surface area (Å²) in [5.41, 5.74) is 4.39. The van der Waals surface area contributed by atoms with Crippen LogP contribution in [0.5, 0.6) is 0 Å². The standard InChI is InChI=1S/CH4N2.BrCl.Pb.2H/c2-1-3;1-2;;;/h1H,(H3,2,3);;;;. The minimum atomic E-state index is 0. The van der Waals surface area contributed by atoms with Crippen LogP contribution in [0.1, 0.15) is 0 Å². The summed E-state index contributed by atoms with van der Waals surface area (Å²) < 4.78 is 0. The first-order valence-electron chi connectivity index (χ1n) is 0.765. The Morgan fingerprint density at radius 3 is 1.67 bits per heavy atom. The fourth-order valence-corrected chi connectivity index (χ4v) is 0. The van der Waals surface area contributed by atoms with E-state index < -0.39 is 0 Å². The van der Waals surface area contributed by atoms with E-state index in [1.54, 1.807) is 0 Å². The van der Waals surface area contributed by atoms with Gasteiger partial charge in [-0.1, -0.05) is 0 Å². The van der Waals surface area contributed by atoms with Crippen molar-refractivity contribution in [3.8, 4) is 0 Å². The molecule has 0 fully saturated rings. The van der Waals surface area contributed by atoms with Crippen LogP contribution >= 0.6 is 25.1 Å². The zero-order valence-electron chi connectivity index (χ0n) is 3.12. The molecule has 5 heteroatoms. The van der Waals surface area contributed by atoms with Crippen LogP contribution in [0, 0.1) is 5.41 Å². The van der Waals surface area contributed by atoms with Gasteiger partial charge in [0.2, 0.25) is 0 Å². The van der Waals surface area contributed by atoms with Crippen molar-refractivity contribution in [1.82, 2.24) is 0 Å². The van der Waals surface area contributed by atoms with Crippen LogP contribution in [-0.4, -0.2) is 33.6 Å². The topological polar surface area (TPSA) is 49.9 Å². The van der Waals surface area contributed by atoms with Gasteiger partial charge in [-0.3, -0.25) is 5.41 Å². The van der Waals surface area contributed by atoms with Crippen molar-refractivity contribution in [1.29, 1.82) is 5.41 Å². The number of nitrogens with two attached hydrogens (primary N) is 1. The molecule has 0 unspecified atom stereocenters. The van der Waals surface area contributed by atoms with Crippen LogP contribution < -0.4 is 5.73 Å². The van der Waals surface area contributed by atoms with E-state index in [9.17, 15) is 0 Å². The Hall–Kier alpha value is 1.16. The van der Waals surface area contributed by atoms with Gasteiger partial charge in [-0.25, -0.2) is 0 Å². The molecule has 0 rings (SSSR count). The third-order valence-electron chi connectivity index (χ3n) is 0. The molecule has 0 saturated heterocycles. The summed E-state index contributed by atoms with van der Waals surface area (Å²) in [6, 6.07) is 0. The molecule has 0 bridgehead atoms. The molecule has 0 aliphatic heterocycles. The molecular weight excluding hydrogens is 363 g/mol. The van der Waals surface area contributed by atoms with Gasteiger partial charge in [-0.05, 0) is 10.1 Å². The van der Waals surface area contributed by atoms with Crippen LogP contribution in [0.25, 0.3) is 0 Å². The second-order valence-corrected chi connectivity index (χ2v) is 0.167. The van der Waals surface area contributed by atoms with E-state index in [4.69, 9.17) is 5.41 Å². The zero-order valence-corrected chi connectivity index (χ0v) is 11.0. The summed E-state index contributed by atoms with van der Waals surface area (Å²) in [7, 11) is 4.45. The molecule has 0 aliphatic carbocycles. The summed E-state index contributed by atoms with van der Waals surface area (Å²) in [6.45, 7) is 0. The van der Waals surface area contributed by atoms with Crippen molar-refractivity contribution in [2.75, 3.05) is 0 Å². The maximum absolute atomic E-state index is 5.86. The summed E-state index contributed by atoms with van der Waals surface area (Å²) >= 11 is 2.41. The predicted octanol–water partition coefficient (Wildman–Crippen LogP) is 0.171. The van der Waals surface area contributed by atoms with Gasteiger partial charge in [-0.15, -0.1) is 0 Å². The first-order chi connectivity index (χ1) is 2.41. The first kappa shape index (κ1) is 15.7. The summed E-state index contributed by atoms with van der Waals surface area (Å²) in [6.07, 6.45) is 0.750. The molecule has 0 saturated carbocycles. The molecule has 0 heterocycles. The number of halogens is 2. The average Bonchev–Trinajstić information content (AvgIpc) is 1.46. The van der Waals surface area contributed by atoms with Gasteiger partial charge in [0.1, 0.15) is 0 Å². The molecule has 2 radical (unpaired) electrons. The van der Waals surface area contributed by atoms with Crippen LogP contribution in [-0.2, 0) is 0 Å². The Labute approximate surface area is 69.5 Å². The number of hydrogen-bond donors (Lipinski definition) is 2. The van der Waals surface area contributed by atoms with E-state index in [0.717, 1.165) is 6.34 Å². The molecule has 3 N–H and O–H groups in total. The summed E-state index contributed by atoms with van der Waals surface area (Å²) in [5.74, 6) is 0. The second kappa shape index (κ2) is 35.1. The van der Waals surface area contributed by atoms with Crippen molar-refractivity contribution in [2.24, 2.45) is 5.73 Å². The molecule has 38 valence electrons. The van der Waals surface area contributed by atoms with Gasteiger partial charge in [0.25, 0.3) is 0 Å². The number of hydrogen-bond acceptors (Lipinski definition) is 1. The van der Waals surface area contributed by atoms with E-state index in [-0.39, 0.29) is 27.3 Å². The molecule has 0 aliphatic rings. The maximum atomic E-state index is 5.86. The third-order valence-corrected chi connectivity index (χ3v) is 0. The SMILES string of the molecule is ClBr.N=CN.[PbH2]. The van der Waals surface area contributed by atoms with E-state index in [0.29, 0.717) is 0 Å². The van der Waals surface area contributed by atoms with Crippen LogP contribution in [0.4, 0.5) is 0 Å². The average molecular weight is 369 g/mol. The normalized spacial score (nSPS) is 3.00. The van der Waals surface area contributed by atoms with E-state index in [2.05, 4.69) is 30.9 Å². The van der Waals surface area contributed by atoms with Crippen molar-refractivity contribution in [3.63, 3.8) is 0 Å². The molecule has 0 spiro atoms. The van der Waals surface area contributed by atoms with Crippen molar-refractivity contribution < 1.29 is 0 Å². The number of rotatable bonds is 0. The van der Waals surface area contributed by atoms with Gasteiger partial charge in [0, 0.05) is 15.0 Å². The van der Waals surface area contributed by atoms with Gasteiger partial charge in [0.15, 0.2) is 0 Å². The van der Waals surface area contributed by atoms with Crippen molar-refractivity contribution in [3.05, 3.63) is 0 Å². The van der Waals surface area contributed by atoms with Gasteiger partial charge < -0.3 is 5.73 Å². The quantitative estimate of drug-likeness (QED) is 0.357. The molecular formula is CH6BrClN2Pb. The van der Waals surface area contributed by atoms with Gasteiger partial charge in [0.05, 0.1) is 6.34 Å². The molecule has 2 nitrogen and oxygen atoms in total. The molecule has 0 aromatic heterocycles. The Kier molecular flexibility index (Phi) is 91.9. The monoisotopic (exact) mass is 368 g/mol. The minimum absolute atomic E-state index is 0. The fraction of sp³-hybridized carbons (Fsp3) is 0. The van der Waals surface area contributed by atoms with E-state index in [1.165, 1.54) is 0 Å². The van der Waals surface area contributed by atoms with Crippen LogP contribution in [0.15, 0.2) is 0 Å². The number of nitrogens with one attached hydrogen (secondary N) is 1.